The Morgan fingerprint density at radius 1 is 1.47 bits per heavy atom. The summed E-state index contributed by atoms with van der Waals surface area (Å²) < 4.78 is 1.22. The van der Waals surface area contributed by atoms with E-state index < -0.39 is 11.9 Å². The molecule has 1 aromatic carbocycles. The van der Waals surface area contributed by atoms with E-state index in [2.05, 4.69) is 26.2 Å². The molecule has 3 N–H and O–H groups in total. The fraction of sp³-hybridized carbons (Fsp3) is 0.0909. The number of hydrogen-bond acceptors (Lipinski definition) is 4. The standard InChI is InChI=1S/C11H8BrCl2N3OS/c12-6-3-5(1-2-7(6)13)17-9(10(15)18)11-16-4-8(14)19-11/h1-4,9,17H,(H2,15,18). The molecule has 1 aromatic heterocycles. The van der Waals surface area contributed by atoms with Gasteiger partial charge in [0, 0.05) is 10.2 Å². The quantitative estimate of drug-likeness (QED) is 0.846. The van der Waals surface area contributed by atoms with Gasteiger partial charge in [0.05, 0.1) is 11.2 Å². The first-order valence-electron chi connectivity index (χ1n) is 5.09. The van der Waals surface area contributed by atoms with Gasteiger partial charge in [-0.25, -0.2) is 4.98 Å². The van der Waals surface area contributed by atoms with Crippen LogP contribution in [0.3, 0.4) is 0 Å². The number of rotatable bonds is 4. The number of anilines is 1. The number of nitrogens with one attached hydrogen (secondary N) is 1. The summed E-state index contributed by atoms with van der Waals surface area (Å²) in [5, 5.41) is 4.10. The third-order valence-electron chi connectivity index (χ3n) is 2.26. The van der Waals surface area contributed by atoms with Gasteiger partial charge in [-0.05, 0) is 34.1 Å². The molecule has 0 saturated heterocycles. The second-order valence-electron chi connectivity index (χ2n) is 3.61. The van der Waals surface area contributed by atoms with Gasteiger partial charge in [0.25, 0.3) is 0 Å². The summed E-state index contributed by atoms with van der Waals surface area (Å²) in [6, 6.07) is 4.48. The average Bonchev–Trinajstić information content (AvgIpc) is 2.76. The first-order valence-corrected chi connectivity index (χ1v) is 7.46. The lowest BCUT2D eigenvalue weighted by atomic mass is 10.2. The van der Waals surface area contributed by atoms with Crippen LogP contribution in [0, 0.1) is 0 Å². The van der Waals surface area contributed by atoms with E-state index in [9.17, 15) is 4.79 Å². The molecule has 0 bridgehead atoms. The van der Waals surface area contributed by atoms with Gasteiger partial charge in [0.2, 0.25) is 5.91 Å². The molecule has 100 valence electrons. The van der Waals surface area contributed by atoms with Crippen molar-refractivity contribution in [2.75, 3.05) is 5.32 Å². The summed E-state index contributed by atoms with van der Waals surface area (Å²) in [4.78, 5) is 15.6. The lowest BCUT2D eigenvalue weighted by molar-refractivity contribution is -0.118. The van der Waals surface area contributed by atoms with Crippen LogP contribution in [0.1, 0.15) is 11.0 Å². The molecular formula is C11H8BrCl2N3OS. The Bertz CT molecular complexity index is 620. The van der Waals surface area contributed by atoms with Gasteiger partial charge >= 0.3 is 0 Å². The maximum absolute atomic E-state index is 11.5. The van der Waals surface area contributed by atoms with E-state index in [1.165, 1.54) is 17.5 Å². The fourth-order valence-electron chi connectivity index (χ4n) is 1.41. The van der Waals surface area contributed by atoms with Crippen molar-refractivity contribution in [3.63, 3.8) is 0 Å². The van der Waals surface area contributed by atoms with Gasteiger partial charge < -0.3 is 11.1 Å². The molecule has 1 atom stereocenters. The molecule has 1 heterocycles. The molecule has 2 aromatic rings. The normalized spacial score (nSPS) is 12.2. The number of nitrogens with zero attached hydrogens (tertiary/aromatic N) is 1. The molecular weight excluding hydrogens is 373 g/mol. The van der Waals surface area contributed by atoms with Crippen LogP contribution in [0.25, 0.3) is 0 Å². The number of carbonyl (C=O) groups is 1. The highest BCUT2D eigenvalue weighted by Crippen LogP contribution is 2.30. The number of hydrogen-bond donors (Lipinski definition) is 2. The van der Waals surface area contributed by atoms with Gasteiger partial charge in [-0.15, -0.1) is 11.3 Å². The largest absolute Gasteiger partial charge is 0.368 e. The Morgan fingerprint density at radius 3 is 2.74 bits per heavy atom. The van der Waals surface area contributed by atoms with Crippen LogP contribution in [-0.4, -0.2) is 10.9 Å². The number of carbonyl (C=O) groups excluding carboxylic acids is 1. The fourth-order valence-corrected chi connectivity index (χ4v) is 2.89. The smallest absolute Gasteiger partial charge is 0.247 e. The number of benzene rings is 1. The zero-order valence-corrected chi connectivity index (χ0v) is 13.3. The number of aromatic nitrogens is 1. The van der Waals surface area contributed by atoms with Crippen LogP contribution in [0.2, 0.25) is 9.36 Å². The highest BCUT2D eigenvalue weighted by molar-refractivity contribution is 9.10. The van der Waals surface area contributed by atoms with E-state index in [1.54, 1.807) is 18.2 Å². The third kappa shape index (κ3) is 3.60. The molecule has 1 unspecified atom stereocenters. The SMILES string of the molecule is NC(=O)C(Nc1ccc(Cl)c(Br)c1)c1ncc(Cl)s1. The minimum atomic E-state index is -0.731. The summed E-state index contributed by atoms with van der Waals surface area (Å²) in [6.07, 6.45) is 1.48. The highest BCUT2D eigenvalue weighted by atomic mass is 79.9. The summed E-state index contributed by atoms with van der Waals surface area (Å²) >= 11 is 16.2. The molecule has 0 aliphatic rings. The molecule has 0 fully saturated rings. The molecule has 0 spiro atoms. The van der Waals surface area contributed by atoms with Gasteiger partial charge in [0.1, 0.15) is 9.34 Å². The molecule has 1 amide bonds. The number of primary amides is 1. The van der Waals surface area contributed by atoms with Crippen molar-refractivity contribution >= 4 is 62.1 Å². The van der Waals surface area contributed by atoms with Crippen LogP contribution in [0.15, 0.2) is 28.9 Å². The van der Waals surface area contributed by atoms with Crippen molar-refractivity contribution in [1.29, 1.82) is 0 Å². The highest BCUT2D eigenvalue weighted by Gasteiger charge is 2.21. The zero-order valence-electron chi connectivity index (χ0n) is 9.36. The summed E-state index contributed by atoms with van der Waals surface area (Å²) in [7, 11) is 0. The van der Waals surface area contributed by atoms with Crippen molar-refractivity contribution in [3.8, 4) is 0 Å². The molecule has 0 aliphatic carbocycles. The number of nitrogens with two attached hydrogens (primary N) is 1. The van der Waals surface area contributed by atoms with Crippen LogP contribution in [-0.2, 0) is 4.79 Å². The summed E-state index contributed by atoms with van der Waals surface area (Å²) in [6.45, 7) is 0. The van der Waals surface area contributed by atoms with Crippen molar-refractivity contribution < 1.29 is 4.79 Å². The zero-order chi connectivity index (χ0) is 14.0. The van der Waals surface area contributed by atoms with Crippen molar-refractivity contribution in [2.24, 2.45) is 5.73 Å². The molecule has 2 rings (SSSR count). The lowest BCUT2D eigenvalue weighted by Gasteiger charge is -2.14. The summed E-state index contributed by atoms with van der Waals surface area (Å²) in [5.41, 5.74) is 6.08. The van der Waals surface area contributed by atoms with E-state index in [1.807, 2.05) is 0 Å². The number of amides is 1. The van der Waals surface area contributed by atoms with Gasteiger partial charge in [0.15, 0.2) is 6.04 Å². The molecule has 0 saturated carbocycles. The number of thiazole rings is 1. The van der Waals surface area contributed by atoms with Crippen LogP contribution < -0.4 is 11.1 Å². The predicted octanol–water partition coefficient (Wildman–Crippen LogP) is 3.85. The third-order valence-corrected chi connectivity index (χ3v) is 4.65. The minimum absolute atomic E-state index is 0.500. The van der Waals surface area contributed by atoms with E-state index in [4.69, 9.17) is 28.9 Å². The van der Waals surface area contributed by atoms with Crippen LogP contribution >= 0.6 is 50.5 Å². The first kappa shape index (κ1) is 14.6. The lowest BCUT2D eigenvalue weighted by Crippen LogP contribution is -2.27. The maximum atomic E-state index is 11.5. The number of halogens is 3. The van der Waals surface area contributed by atoms with Gasteiger partial charge in [-0.1, -0.05) is 23.2 Å². The van der Waals surface area contributed by atoms with Crippen molar-refractivity contribution in [2.45, 2.75) is 6.04 Å². The maximum Gasteiger partial charge on any atom is 0.247 e. The Balaban J connectivity index is 2.26. The van der Waals surface area contributed by atoms with Crippen LogP contribution in [0.5, 0.6) is 0 Å². The Kier molecular flexibility index (Phi) is 4.67. The summed E-state index contributed by atoms with van der Waals surface area (Å²) in [5.74, 6) is -0.530. The molecule has 0 aliphatic heterocycles. The molecule has 0 radical (unpaired) electrons. The minimum Gasteiger partial charge on any atom is -0.368 e. The van der Waals surface area contributed by atoms with Crippen molar-refractivity contribution in [1.82, 2.24) is 4.98 Å². The Labute approximate surface area is 132 Å². The van der Waals surface area contributed by atoms with E-state index >= 15 is 0 Å². The molecule has 19 heavy (non-hydrogen) atoms. The monoisotopic (exact) mass is 379 g/mol. The molecule has 4 nitrogen and oxygen atoms in total. The van der Waals surface area contributed by atoms with Crippen LogP contribution in [0.4, 0.5) is 5.69 Å². The van der Waals surface area contributed by atoms with E-state index in [0.29, 0.717) is 20.1 Å². The van der Waals surface area contributed by atoms with Gasteiger partial charge in [-0.2, -0.15) is 0 Å². The average molecular weight is 381 g/mol. The Hall–Kier alpha value is -0.820. The molecule has 8 heteroatoms. The van der Waals surface area contributed by atoms with E-state index in [0.717, 1.165) is 4.47 Å². The Morgan fingerprint density at radius 2 is 2.21 bits per heavy atom. The predicted molar refractivity (Wildman–Crippen MR) is 81.8 cm³/mol. The van der Waals surface area contributed by atoms with Gasteiger partial charge in [-0.3, -0.25) is 4.79 Å². The first-order chi connectivity index (χ1) is 8.97. The second-order valence-corrected chi connectivity index (χ2v) is 6.57. The topological polar surface area (TPSA) is 68.0 Å². The van der Waals surface area contributed by atoms with Crippen molar-refractivity contribution in [3.05, 3.63) is 43.2 Å². The van der Waals surface area contributed by atoms with E-state index in [-0.39, 0.29) is 0 Å². The second kappa shape index (κ2) is 6.09.